The number of nitrogens with two attached hydrogens (primary N) is 1. The smallest absolute Gasteiger partial charge is 0.0642 e. The molecule has 1 unspecified atom stereocenters. The van der Waals surface area contributed by atoms with Crippen molar-refractivity contribution < 1.29 is 0 Å². The molecule has 1 aliphatic rings. The summed E-state index contributed by atoms with van der Waals surface area (Å²) in [6.07, 6.45) is 5.74. The third-order valence-electron chi connectivity index (χ3n) is 4.56. The van der Waals surface area contributed by atoms with Gasteiger partial charge in [-0.15, -0.1) is 0 Å². The van der Waals surface area contributed by atoms with Crippen LogP contribution in [0.5, 0.6) is 0 Å². The number of hydrogen-bond acceptors (Lipinski definition) is 4. The molecular weight excluding hydrogens is 236 g/mol. The van der Waals surface area contributed by atoms with Crippen LogP contribution in [0.2, 0.25) is 0 Å². The van der Waals surface area contributed by atoms with Crippen LogP contribution in [0.3, 0.4) is 0 Å². The summed E-state index contributed by atoms with van der Waals surface area (Å²) < 4.78 is 0. The predicted octanol–water partition coefficient (Wildman–Crippen LogP) is 1.50. The number of nitrogens with zero attached hydrogens (tertiary/aromatic N) is 3. The minimum Gasteiger partial charge on any atom is -0.329 e. The average molecular weight is 262 g/mol. The summed E-state index contributed by atoms with van der Waals surface area (Å²) >= 11 is 0. The molecule has 2 rings (SSSR count). The Morgan fingerprint density at radius 3 is 2.47 bits per heavy atom. The Labute approximate surface area is 116 Å². The molecule has 1 aromatic rings. The van der Waals surface area contributed by atoms with Crippen LogP contribution in [0.25, 0.3) is 0 Å². The summed E-state index contributed by atoms with van der Waals surface area (Å²) in [6.45, 7) is 1.66. The molecule has 4 heteroatoms. The molecule has 0 saturated heterocycles. The predicted molar refractivity (Wildman–Crippen MR) is 78.9 cm³/mol. The summed E-state index contributed by atoms with van der Waals surface area (Å²) in [5, 5.41) is 0. The fraction of sp³-hybridized carbons (Fsp3) is 0.667. The molecule has 0 bridgehead atoms. The van der Waals surface area contributed by atoms with E-state index >= 15 is 0 Å². The van der Waals surface area contributed by atoms with Crippen molar-refractivity contribution in [1.29, 1.82) is 0 Å². The zero-order valence-electron chi connectivity index (χ0n) is 12.3. The molecule has 0 amide bonds. The largest absolute Gasteiger partial charge is 0.329 e. The molecule has 1 saturated carbocycles. The monoisotopic (exact) mass is 262 g/mol. The van der Waals surface area contributed by atoms with E-state index in [-0.39, 0.29) is 6.04 Å². The van der Waals surface area contributed by atoms with Crippen molar-refractivity contribution in [2.75, 3.05) is 34.2 Å². The van der Waals surface area contributed by atoms with Crippen molar-refractivity contribution in [3.05, 3.63) is 30.1 Å². The zero-order valence-corrected chi connectivity index (χ0v) is 12.3. The van der Waals surface area contributed by atoms with Gasteiger partial charge in [0, 0.05) is 24.8 Å². The van der Waals surface area contributed by atoms with Crippen LogP contribution < -0.4 is 5.73 Å². The lowest BCUT2D eigenvalue weighted by Gasteiger charge is -2.50. The Hall–Kier alpha value is -0.970. The second-order valence-electron chi connectivity index (χ2n) is 5.89. The minimum absolute atomic E-state index is 0.207. The second kappa shape index (κ2) is 5.99. The van der Waals surface area contributed by atoms with Gasteiger partial charge in [0.2, 0.25) is 0 Å². The Balaban J connectivity index is 2.07. The first-order chi connectivity index (χ1) is 9.09. The van der Waals surface area contributed by atoms with Crippen LogP contribution in [-0.4, -0.2) is 54.6 Å². The third kappa shape index (κ3) is 2.96. The summed E-state index contributed by atoms with van der Waals surface area (Å²) in [7, 11) is 6.53. The van der Waals surface area contributed by atoms with E-state index in [1.165, 1.54) is 19.3 Å². The maximum atomic E-state index is 5.96. The molecule has 106 valence electrons. The average Bonchev–Trinajstić information content (AvgIpc) is 2.35. The molecule has 0 radical (unpaired) electrons. The molecule has 19 heavy (non-hydrogen) atoms. The van der Waals surface area contributed by atoms with Crippen LogP contribution in [-0.2, 0) is 0 Å². The van der Waals surface area contributed by atoms with Gasteiger partial charge in [0.25, 0.3) is 0 Å². The molecular formula is C15H26N4. The van der Waals surface area contributed by atoms with Gasteiger partial charge in [-0.25, -0.2) is 0 Å². The van der Waals surface area contributed by atoms with Gasteiger partial charge in [-0.1, -0.05) is 6.07 Å². The number of pyridine rings is 1. The van der Waals surface area contributed by atoms with E-state index in [2.05, 4.69) is 42.0 Å². The normalized spacial score (nSPS) is 19.5. The van der Waals surface area contributed by atoms with E-state index in [4.69, 9.17) is 5.73 Å². The second-order valence-corrected chi connectivity index (χ2v) is 5.89. The van der Waals surface area contributed by atoms with Crippen molar-refractivity contribution in [1.82, 2.24) is 14.8 Å². The van der Waals surface area contributed by atoms with E-state index in [1.807, 2.05) is 18.3 Å². The van der Waals surface area contributed by atoms with Crippen molar-refractivity contribution in [3.63, 3.8) is 0 Å². The molecule has 0 aliphatic heterocycles. The van der Waals surface area contributed by atoms with Gasteiger partial charge in [-0.05, 0) is 52.5 Å². The molecule has 1 fully saturated rings. The molecule has 4 nitrogen and oxygen atoms in total. The van der Waals surface area contributed by atoms with Crippen molar-refractivity contribution in [2.45, 2.75) is 30.8 Å². The van der Waals surface area contributed by atoms with Crippen LogP contribution in [0.15, 0.2) is 24.4 Å². The standard InChI is InChI=1S/C15H26N4/c1-18(2)15(8-6-9-15)12-19(3)14(11-16)13-7-4-5-10-17-13/h4-5,7,10,14H,6,8-9,11-12,16H2,1-3H3. The van der Waals surface area contributed by atoms with Gasteiger partial charge in [-0.3, -0.25) is 9.88 Å². The summed E-state index contributed by atoms with van der Waals surface area (Å²) in [6, 6.07) is 6.25. The lowest BCUT2D eigenvalue weighted by atomic mass is 9.75. The van der Waals surface area contributed by atoms with Crippen LogP contribution in [0, 0.1) is 0 Å². The lowest BCUT2D eigenvalue weighted by Crippen LogP contribution is -2.57. The van der Waals surface area contributed by atoms with E-state index in [1.54, 1.807) is 0 Å². The quantitative estimate of drug-likeness (QED) is 0.844. The number of hydrogen-bond donors (Lipinski definition) is 1. The van der Waals surface area contributed by atoms with Gasteiger partial charge in [-0.2, -0.15) is 0 Å². The van der Waals surface area contributed by atoms with Gasteiger partial charge in [0.1, 0.15) is 0 Å². The highest BCUT2D eigenvalue weighted by Crippen LogP contribution is 2.37. The maximum Gasteiger partial charge on any atom is 0.0642 e. The molecule has 1 aliphatic carbocycles. The maximum absolute atomic E-state index is 5.96. The van der Waals surface area contributed by atoms with Crippen LogP contribution >= 0.6 is 0 Å². The molecule has 2 N–H and O–H groups in total. The van der Waals surface area contributed by atoms with Gasteiger partial charge in [0.15, 0.2) is 0 Å². The van der Waals surface area contributed by atoms with Gasteiger partial charge < -0.3 is 10.6 Å². The minimum atomic E-state index is 0.207. The highest BCUT2D eigenvalue weighted by atomic mass is 15.2. The van der Waals surface area contributed by atoms with Gasteiger partial charge >= 0.3 is 0 Å². The molecule has 1 aromatic heterocycles. The van der Waals surface area contributed by atoms with E-state index in [0.29, 0.717) is 12.1 Å². The molecule has 1 atom stereocenters. The SMILES string of the molecule is CN(CC1(N(C)C)CCC1)C(CN)c1ccccn1. The third-order valence-corrected chi connectivity index (χ3v) is 4.56. The van der Waals surface area contributed by atoms with Crippen LogP contribution in [0.4, 0.5) is 0 Å². The van der Waals surface area contributed by atoms with Crippen molar-refractivity contribution >= 4 is 0 Å². The highest BCUT2D eigenvalue weighted by molar-refractivity contribution is 5.10. The van der Waals surface area contributed by atoms with E-state index in [9.17, 15) is 0 Å². The molecule has 1 heterocycles. The summed E-state index contributed by atoms with van der Waals surface area (Å²) in [4.78, 5) is 9.19. The fourth-order valence-electron chi connectivity index (χ4n) is 3.01. The van der Waals surface area contributed by atoms with Crippen LogP contribution in [0.1, 0.15) is 31.0 Å². The number of aromatic nitrogens is 1. The van der Waals surface area contributed by atoms with E-state index < -0.39 is 0 Å². The summed E-state index contributed by atoms with van der Waals surface area (Å²) in [5.41, 5.74) is 7.37. The fourth-order valence-corrected chi connectivity index (χ4v) is 3.01. The van der Waals surface area contributed by atoms with Crippen molar-refractivity contribution in [3.8, 4) is 0 Å². The number of likely N-dealkylation sites (N-methyl/N-ethyl adjacent to an activating group) is 2. The summed E-state index contributed by atoms with van der Waals surface area (Å²) in [5.74, 6) is 0. The zero-order chi connectivity index (χ0) is 13.9. The first kappa shape index (κ1) is 14.4. The topological polar surface area (TPSA) is 45.4 Å². The first-order valence-electron chi connectivity index (χ1n) is 7.08. The number of rotatable bonds is 6. The molecule has 0 aromatic carbocycles. The lowest BCUT2D eigenvalue weighted by molar-refractivity contribution is 0.0163. The Morgan fingerprint density at radius 1 is 1.32 bits per heavy atom. The van der Waals surface area contributed by atoms with E-state index in [0.717, 1.165) is 12.2 Å². The Morgan fingerprint density at radius 2 is 2.05 bits per heavy atom. The first-order valence-corrected chi connectivity index (χ1v) is 7.08. The van der Waals surface area contributed by atoms with Crippen molar-refractivity contribution in [2.24, 2.45) is 5.73 Å². The Kier molecular flexibility index (Phi) is 4.55. The highest BCUT2D eigenvalue weighted by Gasteiger charge is 2.40. The molecule has 0 spiro atoms. The van der Waals surface area contributed by atoms with Gasteiger partial charge in [0.05, 0.1) is 11.7 Å². The Bertz CT molecular complexity index is 386.